The zero-order valence-electron chi connectivity index (χ0n) is 15.8. The van der Waals surface area contributed by atoms with Gasteiger partial charge < -0.3 is 23.7 Å². The van der Waals surface area contributed by atoms with Crippen molar-refractivity contribution in [1.82, 2.24) is 0 Å². The van der Waals surface area contributed by atoms with Crippen LogP contribution < -0.4 is 14.2 Å². The molecular formula is C21H22O6. The van der Waals surface area contributed by atoms with Gasteiger partial charge in [-0.25, -0.2) is 0 Å². The summed E-state index contributed by atoms with van der Waals surface area (Å²) in [5.41, 5.74) is 1.33. The van der Waals surface area contributed by atoms with Crippen LogP contribution in [0.4, 0.5) is 0 Å². The van der Waals surface area contributed by atoms with Gasteiger partial charge in [0.15, 0.2) is 17.3 Å². The SMILES string of the molecule is COC1=C[C@]2(C=CC1=O)c1c(cc3c(c1OC)OCO3)[C@@H]1O[C@H]2[C@@H](C)[C@@H]1C. The van der Waals surface area contributed by atoms with E-state index in [4.69, 9.17) is 23.7 Å². The normalized spacial score (nSPS) is 35.3. The van der Waals surface area contributed by atoms with E-state index in [1.54, 1.807) is 13.2 Å². The summed E-state index contributed by atoms with van der Waals surface area (Å²) in [6, 6.07) is 2.00. The molecule has 1 aromatic rings. The molecule has 1 aliphatic carbocycles. The third-order valence-corrected chi connectivity index (χ3v) is 6.49. The number of fused-ring (bicyclic) bond motifs is 7. The van der Waals surface area contributed by atoms with E-state index in [-0.39, 0.29) is 30.7 Å². The molecule has 4 aliphatic rings. The van der Waals surface area contributed by atoms with Crippen molar-refractivity contribution in [1.29, 1.82) is 0 Å². The molecule has 27 heavy (non-hydrogen) atoms. The number of carbonyl (C=O) groups excluding carboxylic acids is 1. The highest BCUT2D eigenvalue weighted by Crippen LogP contribution is 2.62. The first-order chi connectivity index (χ1) is 13.0. The summed E-state index contributed by atoms with van der Waals surface area (Å²) in [7, 11) is 3.15. The minimum atomic E-state index is -0.665. The van der Waals surface area contributed by atoms with Crippen LogP contribution in [0.5, 0.6) is 17.2 Å². The molecule has 1 aromatic carbocycles. The van der Waals surface area contributed by atoms with Gasteiger partial charge in [-0.3, -0.25) is 4.79 Å². The second kappa shape index (κ2) is 5.52. The number of rotatable bonds is 2. The molecule has 0 unspecified atom stereocenters. The number of allylic oxidation sites excluding steroid dienone is 1. The van der Waals surface area contributed by atoms with Crippen LogP contribution in [0, 0.1) is 11.8 Å². The van der Waals surface area contributed by atoms with Crippen LogP contribution in [0.25, 0.3) is 0 Å². The summed E-state index contributed by atoms with van der Waals surface area (Å²) in [6.45, 7) is 4.56. The maximum atomic E-state index is 12.3. The average molecular weight is 370 g/mol. The molecule has 6 heteroatoms. The Labute approximate surface area is 157 Å². The number of benzene rings is 1. The Morgan fingerprint density at radius 1 is 1.15 bits per heavy atom. The molecule has 5 rings (SSSR count). The van der Waals surface area contributed by atoms with E-state index in [1.807, 2.05) is 18.2 Å². The van der Waals surface area contributed by atoms with Crippen molar-refractivity contribution in [3.63, 3.8) is 0 Å². The van der Waals surface area contributed by atoms with Crippen molar-refractivity contribution in [2.45, 2.75) is 31.5 Å². The fourth-order valence-corrected chi connectivity index (χ4v) is 5.02. The van der Waals surface area contributed by atoms with Crippen molar-refractivity contribution >= 4 is 5.78 Å². The van der Waals surface area contributed by atoms with E-state index in [2.05, 4.69) is 13.8 Å². The zero-order valence-corrected chi connectivity index (χ0v) is 15.8. The Balaban J connectivity index is 1.86. The highest BCUT2D eigenvalue weighted by molar-refractivity contribution is 6.04. The number of carbonyl (C=O) groups is 1. The molecule has 3 aliphatic heterocycles. The van der Waals surface area contributed by atoms with Crippen LogP contribution in [0.2, 0.25) is 0 Å². The van der Waals surface area contributed by atoms with Crippen molar-refractivity contribution in [2.75, 3.05) is 21.0 Å². The van der Waals surface area contributed by atoms with Crippen molar-refractivity contribution in [3.05, 3.63) is 41.2 Å². The largest absolute Gasteiger partial charge is 0.493 e. The zero-order chi connectivity index (χ0) is 18.9. The first-order valence-corrected chi connectivity index (χ1v) is 9.18. The van der Waals surface area contributed by atoms with Gasteiger partial charge in [-0.15, -0.1) is 0 Å². The maximum absolute atomic E-state index is 12.3. The molecule has 3 heterocycles. The van der Waals surface area contributed by atoms with Crippen molar-refractivity contribution < 1.29 is 28.5 Å². The first kappa shape index (κ1) is 16.7. The predicted molar refractivity (Wildman–Crippen MR) is 96.0 cm³/mol. The lowest BCUT2D eigenvalue weighted by Gasteiger charge is -2.43. The summed E-state index contributed by atoms with van der Waals surface area (Å²) in [5.74, 6) is 2.67. The fourth-order valence-electron chi connectivity index (χ4n) is 5.02. The third-order valence-electron chi connectivity index (χ3n) is 6.49. The molecule has 0 saturated carbocycles. The number of methoxy groups -OCH3 is 2. The topological polar surface area (TPSA) is 63.2 Å². The van der Waals surface area contributed by atoms with Crippen molar-refractivity contribution in [2.24, 2.45) is 11.8 Å². The Kier molecular flexibility index (Phi) is 3.41. The highest BCUT2D eigenvalue weighted by Gasteiger charge is 2.58. The summed E-state index contributed by atoms with van der Waals surface area (Å²) in [5, 5.41) is 0. The molecule has 0 N–H and O–H groups in total. The van der Waals surface area contributed by atoms with Crippen molar-refractivity contribution in [3.8, 4) is 17.2 Å². The molecule has 1 saturated heterocycles. The molecule has 0 radical (unpaired) electrons. The van der Waals surface area contributed by atoms with Gasteiger partial charge in [-0.2, -0.15) is 0 Å². The van der Waals surface area contributed by atoms with Gasteiger partial charge in [0.05, 0.1) is 31.8 Å². The van der Waals surface area contributed by atoms with E-state index in [0.29, 0.717) is 28.9 Å². The molecule has 5 atom stereocenters. The summed E-state index contributed by atoms with van der Waals surface area (Å²) < 4.78 is 29.1. The average Bonchev–Trinajstić information content (AvgIpc) is 3.25. The van der Waals surface area contributed by atoms with Crippen LogP contribution in [0.3, 0.4) is 0 Å². The van der Waals surface area contributed by atoms with Crippen LogP contribution in [-0.4, -0.2) is 32.9 Å². The van der Waals surface area contributed by atoms with E-state index in [9.17, 15) is 4.79 Å². The van der Waals surface area contributed by atoms with E-state index < -0.39 is 5.41 Å². The summed E-state index contributed by atoms with van der Waals surface area (Å²) in [6.07, 6.45) is 5.20. The third kappa shape index (κ3) is 1.96. The molecule has 1 spiro atoms. The molecular weight excluding hydrogens is 348 g/mol. The van der Waals surface area contributed by atoms with Crippen LogP contribution in [0.15, 0.2) is 30.1 Å². The van der Waals surface area contributed by atoms with E-state index in [0.717, 1.165) is 11.1 Å². The van der Waals surface area contributed by atoms with Gasteiger partial charge in [-0.05, 0) is 35.6 Å². The summed E-state index contributed by atoms with van der Waals surface area (Å²) >= 11 is 0. The lowest BCUT2D eigenvalue weighted by molar-refractivity contribution is -0.114. The number of ether oxygens (including phenoxy) is 5. The summed E-state index contributed by atoms with van der Waals surface area (Å²) in [4.78, 5) is 12.3. The fraction of sp³-hybridized carbons (Fsp3) is 0.476. The molecule has 2 bridgehead atoms. The van der Waals surface area contributed by atoms with Crippen LogP contribution in [0.1, 0.15) is 31.1 Å². The predicted octanol–water partition coefficient (Wildman–Crippen LogP) is 3.06. The van der Waals surface area contributed by atoms with E-state index >= 15 is 0 Å². The Bertz CT molecular complexity index is 900. The van der Waals surface area contributed by atoms with Gasteiger partial charge >= 0.3 is 0 Å². The molecule has 1 fully saturated rings. The lowest BCUT2D eigenvalue weighted by atomic mass is 9.68. The quantitative estimate of drug-likeness (QED) is 0.797. The highest BCUT2D eigenvalue weighted by atomic mass is 16.7. The van der Waals surface area contributed by atoms with Crippen LogP contribution in [-0.2, 0) is 19.7 Å². The van der Waals surface area contributed by atoms with E-state index in [1.165, 1.54) is 7.11 Å². The van der Waals surface area contributed by atoms with Crippen LogP contribution >= 0.6 is 0 Å². The van der Waals surface area contributed by atoms with Gasteiger partial charge in [0.1, 0.15) is 0 Å². The Morgan fingerprint density at radius 2 is 1.96 bits per heavy atom. The second-order valence-electron chi connectivity index (χ2n) is 7.65. The lowest BCUT2D eigenvalue weighted by Crippen LogP contribution is -2.44. The minimum absolute atomic E-state index is 0.0561. The number of hydrogen-bond acceptors (Lipinski definition) is 6. The van der Waals surface area contributed by atoms with Gasteiger partial charge in [0.25, 0.3) is 0 Å². The van der Waals surface area contributed by atoms with Gasteiger partial charge in [0, 0.05) is 5.56 Å². The van der Waals surface area contributed by atoms with Gasteiger partial charge in [0.2, 0.25) is 18.3 Å². The second-order valence-corrected chi connectivity index (χ2v) is 7.65. The smallest absolute Gasteiger partial charge is 0.231 e. The monoisotopic (exact) mass is 370 g/mol. The molecule has 0 amide bonds. The first-order valence-electron chi connectivity index (χ1n) is 9.18. The Morgan fingerprint density at radius 3 is 2.70 bits per heavy atom. The molecule has 0 aromatic heterocycles. The van der Waals surface area contributed by atoms with Gasteiger partial charge in [-0.1, -0.05) is 19.9 Å². The molecule has 6 nitrogen and oxygen atoms in total. The maximum Gasteiger partial charge on any atom is 0.231 e. The minimum Gasteiger partial charge on any atom is -0.493 e. The number of ketones is 1. The molecule has 142 valence electrons. The standard InChI is InChI=1S/C21H22O6/c1-10-11(2)20-21(6-5-13(22)15(8-21)23-3)16-12(17(10)27-20)7-14-18(19(16)24-4)26-9-25-14/h5-8,10-11,17,20H,9H2,1-4H3/t10-,11-,17+,20-,21+/m0/s1. The number of hydrogen-bond donors (Lipinski definition) is 0. The Hall–Kier alpha value is -2.47.